The molecule has 0 fully saturated rings. The first-order valence-corrected chi connectivity index (χ1v) is 16.7. The third-order valence-electron chi connectivity index (χ3n) is 5.28. The molecule has 0 spiro atoms. The van der Waals surface area contributed by atoms with Crippen LogP contribution in [-0.2, 0) is 7.05 Å². The van der Waals surface area contributed by atoms with E-state index < -0.39 is 13.3 Å². The number of nitrogens with zero attached hydrogens (tertiary/aromatic N) is 1. The van der Waals surface area contributed by atoms with Crippen LogP contribution in [0.25, 0.3) is 11.3 Å². The van der Waals surface area contributed by atoms with Crippen molar-refractivity contribution >= 4 is 17.7 Å². The first-order chi connectivity index (χ1) is 11.2. The van der Waals surface area contributed by atoms with E-state index in [0.29, 0.717) is 5.92 Å². The molecule has 1 nitrogen and oxygen atoms in total. The molecule has 130 valence electrons. The molecule has 0 bridgehead atoms. The fraction of sp³-hybridized carbons (Fsp3) is 0.500. The molecule has 0 unspecified atom stereocenters. The SMILES string of the molecule is CCC(CC)c1cc(-c2c(C)cccc2C)[n+](C)c[c]1[Ge]([CH3])([CH3])[CH3]. The van der Waals surface area contributed by atoms with Crippen molar-refractivity contribution in [3.05, 3.63) is 47.2 Å². The van der Waals surface area contributed by atoms with Gasteiger partial charge in [0.15, 0.2) is 0 Å². The molecular formula is C22H34GeN+. The van der Waals surface area contributed by atoms with E-state index in [1.54, 1.807) is 9.96 Å². The van der Waals surface area contributed by atoms with Crippen molar-refractivity contribution in [2.45, 2.75) is 63.7 Å². The average Bonchev–Trinajstić information content (AvgIpc) is 2.49. The van der Waals surface area contributed by atoms with E-state index in [0.717, 1.165) is 0 Å². The summed E-state index contributed by atoms with van der Waals surface area (Å²) >= 11 is -1.91. The monoisotopic (exact) mass is 386 g/mol. The maximum atomic E-state index is 2.51. The van der Waals surface area contributed by atoms with Gasteiger partial charge in [-0.15, -0.1) is 0 Å². The third kappa shape index (κ3) is 3.77. The third-order valence-corrected chi connectivity index (χ3v) is 9.54. The minimum absolute atomic E-state index is 0.675. The topological polar surface area (TPSA) is 3.88 Å². The van der Waals surface area contributed by atoms with E-state index >= 15 is 0 Å². The Morgan fingerprint density at radius 1 is 1.00 bits per heavy atom. The molecule has 0 saturated heterocycles. The summed E-state index contributed by atoms with van der Waals surface area (Å²) in [7, 11) is 2.22. The van der Waals surface area contributed by atoms with Gasteiger partial charge in [0.2, 0.25) is 0 Å². The Balaban J connectivity index is 2.78. The molecule has 0 radical (unpaired) electrons. The first kappa shape index (κ1) is 19.2. The summed E-state index contributed by atoms with van der Waals surface area (Å²) in [6, 6.07) is 9.14. The van der Waals surface area contributed by atoms with E-state index in [9.17, 15) is 0 Å². The molecule has 24 heavy (non-hydrogen) atoms. The van der Waals surface area contributed by atoms with Gasteiger partial charge in [-0.2, -0.15) is 0 Å². The Morgan fingerprint density at radius 3 is 2.00 bits per heavy atom. The number of benzene rings is 1. The molecule has 2 heteroatoms. The molecule has 0 saturated carbocycles. The zero-order valence-electron chi connectivity index (χ0n) is 16.8. The van der Waals surface area contributed by atoms with Gasteiger partial charge in [-0.25, -0.2) is 0 Å². The number of rotatable bonds is 5. The normalized spacial score (nSPS) is 12.0. The zero-order valence-corrected chi connectivity index (χ0v) is 18.9. The predicted octanol–water partition coefficient (Wildman–Crippen LogP) is 5.24. The molecule has 1 aromatic heterocycles. The number of hydrogen-bond donors (Lipinski definition) is 0. The molecule has 0 aliphatic rings. The van der Waals surface area contributed by atoms with Crippen LogP contribution in [0.3, 0.4) is 0 Å². The Labute approximate surface area is 151 Å². The fourth-order valence-corrected chi connectivity index (χ4v) is 7.44. The zero-order chi connectivity index (χ0) is 18.1. The van der Waals surface area contributed by atoms with Crippen LogP contribution in [-0.4, -0.2) is 13.3 Å². The van der Waals surface area contributed by atoms with Crippen LogP contribution < -0.4 is 8.96 Å². The summed E-state index contributed by atoms with van der Waals surface area (Å²) in [4.78, 5) is 0. The summed E-state index contributed by atoms with van der Waals surface area (Å²) in [5.41, 5.74) is 7.11. The van der Waals surface area contributed by atoms with E-state index in [2.05, 4.69) is 87.0 Å². The molecular weight excluding hydrogens is 351 g/mol. The fourth-order valence-electron chi connectivity index (χ4n) is 3.82. The Kier molecular flexibility index (Phi) is 5.96. The van der Waals surface area contributed by atoms with Crippen molar-refractivity contribution in [2.24, 2.45) is 7.05 Å². The number of pyridine rings is 1. The van der Waals surface area contributed by atoms with Gasteiger partial charge in [0, 0.05) is 0 Å². The van der Waals surface area contributed by atoms with Crippen LogP contribution in [0.5, 0.6) is 0 Å². The minimum atomic E-state index is -1.91. The molecule has 2 rings (SSSR count). The standard InChI is InChI=1S/C22H34GeN/c1-9-18(10-2)19-14-21(22-16(3)12-11-13-17(22)4)24(8)15-20(19)23(5,6)7/h11-15,18H,9-10H2,1-8H3/q+1. The van der Waals surface area contributed by atoms with Crippen LogP contribution >= 0.6 is 0 Å². The number of aryl methyl sites for hydroxylation is 3. The molecule has 0 amide bonds. The van der Waals surface area contributed by atoms with Gasteiger partial charge in [0.25, 0.3) is 0 Å². The van der Waals surface area contributed by atoms with E-state index in [1.165, 1.54) is 35.2 Å². The van der Waals surface area contributed by atoms with Gasteiger partial charge in [-0.3, -0.25) is 0 Å². The molecule has 0 atom stereocenters. The summed E-state index contributed by atoms with van der Waals surface area (Å²) in [5, 5.41) is 0. The van der Waals surface area contributed by atoms with E-state index in [4.69, 9.17) is 0 Å². The Bertz CT molecular complexity index is 701. The van der Waals surface area contributed by atoms with Gasteiger partial charge in [0.05, 0.1) is 0 Å². The van der Waals surface area contributed by atoms with Crippen molar-refractivity contribution < 1.29 is 4.57 Å². The maximum absolute atomic E-state index is 2.51. The van der Waals surface area contributed by atoms with E-state index in [1.807, 2.05) is 0 Å². The second-order valence-corrected chi connectivity index (χ2v) is 18.7. The van der Waals surface area contributed by atoms with Gasteiger partial charge < -0.3 is 0 Å². The van der Waals surface area contributed by atoms with Gasteiger partial charge in [-0.1, -0.05) is 0 Å². The molecule has 1 heterocycles. The van der Waals surface area contributed by atoms with Crippen molar-refractivity contribution in [3.8, 4) is 11.3 Å². The Morgan fingerprint density at radius 2 is 1.54 bits per heavy atom. The second kappa shape index (κ2) is 7.43. The average molecular weight is 385 g/mol. The van der Waals surface area contributed by atoms with Crippen molar-refractivity contribution in [1.82, 2.24) is 0 Å². The van der Waals surface area contributed by atoms with Crippen LogP contribution in [0, 0.1) is 13.8 Å². The van der Waals surface area contributed by atoms with Crippen molar-refractivity contribution in [3.63, 3.8) is 0 Å². The summed E-state index contributed by atoms with van der Waals surface area (Å²) < 4.78 is 4.04. The van der Waals surface area contributed by atoms with Crippen molar-refractivity contribution in [2.75, 3.05) is 0 Å². The van der Waals surface area contributed by atoms with Crippen molar-refractivity contribution in [1.29, 1.82) is 0 Å². The van der Waals surface area contributed by atoms with Gasteiger partial charge in [-0.05, 0) is 0 Å². The molecule has 2 aromatic rings. The molecule has 0 aliphatic carbocycles. The van der Waals surface area contributed by atoms with Gasteiger partial charge >= 0.3 is 151 Å². The molecule has 0 aliphatic heterocycles. The second-order valence-electron chi connectivity index (χ2n) is 8.17. The van der Waals surface area contributed by atoms with Crippen LogP contribution in [0.1, 0.15) is 49.3 Å². The summed E-state index contributed by atoms with van der Waals surface area (Å²) in [6.45, 7) is 9.13. The van der Waals surface area contributed by atoms with E-state index in [-0.39, 0.29) is 0 Å². The molecule has 0 N–H and O–H groups in total. The quantitative estimate of drug-likeness (QED) is 0.490. The molecule has 1 aromatic carbocycles. The van der Waals surface area contributed by atoms with Gasteiger partial charge in [0.1, 0.15) is 0 Å². The predicted molar refractivity (Wildman–Crippen MR) is 109 cm³/mol. The summed E-state index contributed by atoms with van der Waals surface area (Å²) in [6.07, 6.45) is 4.90. The summed E-state index contributed by atoms with van der Waals surface area (Å²) in [5.74, 6) is 8.22. The van der Waals surface area contributed by atoms with Crippen LogP contribution in [0.15, 0.2) is 30.5 Å². The van der Waals surface area contributed by atoms with Crippen LogP contribution in [0.2, 0.25) is 17.3 Å². The first-order valence-electron chi connectivity index (χ1n) is 9.31. The number of aromatic nitrogens is 1. The Hall–Kier alpha value is -1.09. The number of hydrogen-bond acceptors (Lipinski definition) is 0. The van der Waals surface area contributed by atoms with Crippen LogP contribution in [0.4, 0.5) is 0 Å².